The van der Waals surface area contributed by atoms with Gasteiger partial charge in [-0.25, -0.2) is 5.84 Å². The summed E-state index contributed by atoms with van der Waals surface area (Å²) in [6.45, 7) is 2.78. The van der Waals surface area contributed by atoms with Gasteiger partial charge in [-0.3, -0.25) is 10.2 Å². The van der Waals surface area contributed by atoms with E-state index in [4.69, 9.17) is 10.6 Å². The van der Waals surface area contributed by atoms with Crippen molar-refractivity contribution >= 4 is 17.8 Å². The summed E-state index contributed by atoms with van der Waals surface area (Å²) < 4.78 is 4.97. The number of nitrogens with one attached hydrogen (secondary N) is 2. The van der Waals surface area contributed by atoms with Crippen molar-refractivity contribution < 1.29 is 9.53 Å². The number of anilines is 2. The number of hydrogen-bond donors (Lipinski definition) is 3. The largest absolute Gasteiger partial charge is 0.467 e. The van der Waals surface area contributed by atoms with E-state index in [1.165, 1.54) is 7.11 Å². The lowest BCUT2D eigenvalue weighted by atomic mass is 10.4. The number of amides is 1. The van der Waals surface area contributed by atoms with Gasteiger partial charge < -0.3 is 15.0 Å². The van der Waals surface area contributed by atoms with Crippen molar-refractivity contribution in [3.63, 3.8) is 0 Å². The molecule has 0 aliphatic rings. The Morgan fingerprint density at radius 3 is 2.68 bits per heavy atom. The van der Waals surface area contributed by atoms with E-state index in [-0.39, 0.29) is 24.4 Å². The van der Waals surface area contributed by atoms with E-state index in [1.807, 2.05) is 6.92 Å². The van der Waals surface area contributed by atoms with Crippen LogP contribution in [0.5, 0.6) is 6.01 Å². The molecule has 1 amide bonds. The van der Waals surface area contributed by atoms with Gasteiger partial charge in [0.2, 0.25) is 17.8 Å². The van der Waals surface area contributed by atoms with Crippen LogP contribution in [0.2, 0.25) is 0 Å². The van der Waals surface area contributed by atoms with Gasteiger partial charge in [-0.2, -0.15) is 15.0 Å². The van der Waals surface area contributed by atoms with Crippen molar-refractivity contribution in [3.8, 4) is 6.01 Å². The fourth-order valence-electron chi connectivity index (χ4n) is 1.42. The van der Waals surface area contributed by atoms with Crippen LogP contribution in [0.1, 0.15) is 13.3 Å². The highest BCUT2D eigenvalue weighted by Gasteiger charge is 2.15. The number of likely N-dealkylation sites (N-methyl/N-ethyl adjacent to an activating group) is 1. The van der Waals surface area contributed by atoms with Gasteiger partial charge in [0.15, 0.2) is 0 Å². The number of hydrogen-bond acceptors (Lipinski definition) is 8. The second kappa shape index (κ2) is 7.31. The maximum absolute atomic E-state index is 11.5. The first-order valence-corrected chi connectivity index (χ1v) is 5.86. The minimum Gasteiger partial charge on any atom is -0.467 e. The lowest BCUT2D eigenvalue weighted by Gasteiger charge is -2.21. The molecule has 19 heavy (non-hydrogen) atoms. The van der Waals surface area contributed by atoms with E-state index < -0.39 is 0 Å². The zero-order valence-electron chi connectivity index (χ0n) is 11.3. The number of rotatable bonds is 7. The molecule has 9 heteroatoms. The predicted octanol–water partition coefficient (Wildman–Crippen LogP) is -0.872. The molecule has 0 spiro atoms. The number of ether oxygens (including phenoxy) is 1. The van der Waals surface area contributed by atoms with E-state index in [2.05, 4.69) is 25.7 Å². The number of nitrogens with zero attached hydrogens (tertiary/aromatic N) is 4. The van der Waals surface area contributed by atoms with Gasteiger partial charge in [0.1, 0.15) is 0 Å². The summed E-state index contributed by atoms with van der Waals surface area (Å²) in [5.41, 5.74) is 2.34. The van der Waals surface area contributed by atoms with E-state index in [0.717, 1.165) is 6.42 Å². The Bertz CT molecular complexity index is 404. The van der Waals surface area contributed by atoms with Gasteiger partial charge in [0.25, 0.3) is 0 Å². The highest BCUT2D eigenvalue weighted by molar-refractivity contribution is 5.80. The molecule has 1 aromatic heterocycles. The van der Waals surface area contributed by atoms with E-state index in [0.29, 0.717) is 12.5 Å². The van der Waals surface area contributed by atoms with Crippen molar-refractivity contribution in [2.45, 2.75) is 13.3 Å². The maximum atomic E-state index is 11.5. The fraction of sp³-hybridized carbons (Fsp3) is 0.600. The molecule has 1 rings (SSSR count). The molecular formula is C10H19N7O2. The summed E-state index contributed by atoms with van der Waals surface area (Å²) in [5, 5.41) is 2.56. The van der Waals surface area contributed by atoms with Crippen molar-refractivity contribution in [1.29, 1.82) is 0 Å². The Hall–Kier alpha value is -2.16. The molecule has 0 aliphatic carbocycles. The number of nitrogen functional groups attached to an aromatic ring is 1. The quantitative estimate of drug-likeness (QED) is 0.432. The number of nitrogens with two attached hydrogens (primary N) is 1. The van der Waals surface area contributed by atoms with Gasteiger partial charge in [0.05, 0.1) is 13.7 Å². The predicted molar refractivity (Wildman–Crippen MR) is 70.8 cm³/mol. The second-order valence-corrected chi connectivity index (χ2v) is 3.68. The van der Waals surface area contributed by atoms with Gasteiger partial charge in [-0.15, -0.1) is 0 Å². The standard InChI is InChI=1S/C10H19N7O2/c1-4-5-17(6-7(18)12-2)9-13-8(16-11)14-10(15-9)19-3/h4-6,11H2,1-3H3,(H,12,18)(H,13,14,15,16). The number of aromatic nitrogens is 3. The van der Waals surface area contributed by atoms with Crippen molar-refractivity contribution in [3.05, 3.63) is 0 Å². The average molecular weight is 269 g/mol. The van der Waals surface area contributed by atoms with Gasteiger partial charge in [-0.1, -0.05) is 6.92 Å². The SMILES string of the molecule is CCCN(CC(=O)NC)c1nc(NN)nc(OC)n1. The van der Waals surface area contributed by atoms with Gasteiger partial charge in [0, 0.05) is 13.6 Å². The van der Waals surface area contributed by atoms with Crippen LogP contribution < -0.4 is 26.2 Å². The molecule has 1 heterocycles. The molecule has 4 N–H and O–H groups in total. The number of carbonyl (C=O) groups excluding carboxylic acids is 1. The molecule has 0 radical (unpaired) electrons. The molecule has 0 fully saturated rings. The Balaban J connectivity index is 3.02. The van der Waals surface area contributed by atoms with Crippen LogP contribution in [-0.4, -0.2) is 48.1 Å². The highest BCUT2D eigenvalue weighted by atomic mass is 16.5. The molecule has 106 valence electrons. The average Bonchev–Trinajstić information content (AvgIpc) is 2.45. The van der Waals surface area contributed by atoms with E-state index >= 15 is 0 Å². The second-order valence-electron chi connectivity index (χ2n) is 3.68. The lowest BCUT2D eigenvalue weighted by molar-refractivity contribution is -0.119. The summed E-state index contributed by atoms with van der Waals surface area (Å²) in [6, 6.07) is 0.135. The fourth-order valence-corrected chi connectivity index (χ4v) is 1.42. The third-order valence-corrected chi connectivity index (χ3v) is 2.30. The first-order chi connectivity index (χ1) is 9.14. The third kappa shape index (κ3) is 4.21. The van der Waals surface area contributed by atoms with Crippen molar-refractivity contribution in [1.82, 2.24) is 20.3 Å². The van der Waals surface area contributed by atoms with Crippen LogP contribution in [0.15, 0.2) is 0 Å². The lowest BCUT2D eigenvalue weighted by Crippen LogP contribution is -2.37. The normalized spacial score (nSPS) is 9.89. The van der Waals surface area contributed by atoms with Gasteiger partial charge in [-0.05, 0) is 6.42 Å². The first kappa shape index (κ1) is 14.9. The zero-order valence-corrected chi connectivity index (χ0v) is 11.3. The van der Waals surface area contributed by atoms with E-state index in [1.54, 1.807) is 11.9 Å². The summed E-state index contributed by atoms with van der Waals surface area (Å²) in [7, 11) is 3.02. The molecular weight excluding hydrogens is 250 g/mol. The molecule has 0 aromatic carbocycles. The Morgan fingerprint density at radius 2 is 2.16 bits per heavy atom. The first-order valence-electron chi connectivity index (χ1n) is 5.86. The van der Waals surface area contributed by atoms with Crippen molar-refractivity contribution in [2.75, 3.05) is 37.6 Å². The van der Waals surface area contributed by atoms with Crippen molar-refractivity contribution in [2.24, 2.45) is 5.84 Å². The Kier molecular flexibility index (Phi) is 5.73. The molecule has 0 aliphatic heterocycles. The summed E-state index contributed by atoms with van der Waals surface area (Å²) >= 11 is 0. The molecule has 0 bridgehead atoms. The summed E-state index contributed by atoms with van der Waals surface area (Å²) in [6.07, 6.45) is 0.844. The summed E-state index contributed by atoms with van der Waals surface area (Å²) in [5.74, 6) is 5.68. The van der Waals surface area contributed by atoms with Crippen LogP contribution >= 0.6 is 0 Å². The monoisotopic (exact) mass is 269 g/mol. The molecule has 9 nitrogen and oxygen atoms in total. The minimum absolute atomic E-state index is 0.130. The maximum Gasteiger partial charge on any atom is 0.322 e. The van der Waals surface area contributed by atoms with Crippen LogP contribution in [0, 0.1) is 0 Å². The van der Waals surface area contributed by atoms with E-state index in [9.17, 15) is 4.79 Å². The topological polar surface area (TPSA) is 118 Å². The molecule has 1 aromatic rings. The number of carbonyl (C=O) groups is 1. The molecule has 0 atom stereocenters. The minimum atomic E-state index is -0.130. The van der Waals surface area contributed by atoms with Crippen LogP contribution in [0.25, 0.3) is 0 Å². The zero-order chi connectivity index (χ0) is 14.3. The van der Waals surface area contributed by atoms with Gasteiger partial charge >= 0.3 is 6.01 Å². The number of methoxy groups -OCH3 is 1. The number of hydrazine groups is 1. The Morgan fingerprint density at radius 1 is 1.42 bits per heavy atom. The molecule has 0 unspecified atom stereocenters. The van der Waals surface area contributed by atoms with Crippen LogP contribution in [-0.2, 0) is 4.79 Å². The van der Waals surface area contributed by atoms with Crippen LogP contribution in [0.4, 0.5) is 11.9 Å². The molecule has 0 saturated heterocycles. The highest BCUT2D eigenvalue weighted by Crippen LogP contribution is 2.14. The Labute approximate surface area is 111 Å². The smallest absolute Gasteiger partial charge is 0.322 e. The van der Waals surface area contributed by atoms with Crippen LogP contribution in [0.3, 0.4) is 0 Å². The molecule has 0 saturated carbocycles. The third-order valence-electron chi connectivity index (χ3n) is 2.30. The summed E-state index contributed by atoms with van der Waals surface area (Å²) in [4.78, 5) is 25.3.